The molecule has 2 aromatic heterocycles. The maximum atomic E-state index is 4.21. The maximum Gasteiger partial charge on any atom is 0.129 e. The van der Waals surface area contributed by atoms with E-state index < -0.39 is 0 Å². The molecule has 0 unspecified atom stereocenters. The van der Waals surface area contributed by atoms with E-state index in [1.165, 1.54) is 0 Å². The predicted octanol–water partition coefficient (Wildman–Crippen LogP) is 1.94. The molecule has 2 N–H and O–H groups in total. The Hall–Kier alpha value is -1.91. The number of imidazole rings is 1. The van der Waals surface area contributed by atoms with Gasteiger partial charge in [0.25, 0.3) is 0 Å². The lowest BCUT2D eigenvalue weighted by molar-refractivity contribution is 0.813. The summed E-state index contributed by atoms with van der Waals surface area (Å²) in [5.41, 5.74) is 1.04. The number of rotatable bonds is 4. The Kier molecular flexibility index (Phi) is 3.14. The van der Waals surface area contributed by atoms with Crippen LogP contribution < -0.4 is 5.32 Å². The molecule has 0 amide bonds. The highest BCUT2D eigenvalue weighted by molar-refractivity contribution is 5.35. The molecule has 0 fully saturated rings. The van der Waals surface area contributed by atoms with Crippen molar-refractivity contribution in [1.29, 1.82) is 0 Å². The summed E-state index contributed by atoms with van der Waals surface area (Å²) in [7, 11) is 0. The second-order valence-electron chi connectivity index (χ2n) is 3.87. The van der Waals surface area contributed by atoms with Gasteiger partial charge >= 0.3 is 0 Å². The maximum absolute atomic E-state index is 4.21. The van der Waals surface area contributed by atoms with Crippen LogP contribution in [-0.4, -0.2) is 19.9 Å². The first kappa shape index (κ1) is 10.6. The molecule has 2 rings (SSSR count). The molecule has 0 radical (unpaired) electrons. The number of nitrogens with zero attached hydrogens (tertiary/aromatic N) is 3. The van der Waals surface area contributed by atoms with Crippen LogP contribution in [0.2, 0.25) is 0 Å². The van der Waals surface area contributed by atoms with E-state index in [0.717, 1.165) is 17.3 Å². The van der Waals surface area contributed by atoms with Gasteiger partial charge in [-0.15, -0.1) is 0 Å². The molecule has 2 aromatic rings. The van der Waals surface area contributed by atoms with E-state index in [0.29, 0.717) is 12.5 Å². The topological polar surface area (TPSA) is 66.5 Å². The van der Waals surface area contributed by atoms with Gasteiger partial charge in [0.15, 0.2) is 0 Å². The van der Waals surface area contributed by atoms with Crippen molar-refractivity contribution in [3.63, 3.8) is 0 Å². The van der Waals surface area contributed by atoms with Gasteiger partial charge in [0.1, 0.15) is 18.0 Å². The van der Waals surface area contributed by atoms with Gasteiger partial charge in [0.05, 0.1) is 6.54 Å². The molecule has 5 heteroatoms. The number of anilines is 1. The Morgan fingerprint density at radius 1 is 1.31 bits per heavy atom. The molecule has 2 heterocycles. The number of nitrogens with one attached hydrogen (secondary N) is 2. The third kappa shape index (κ3) is 2.56. The Labute approximate surface area is 94.4 Å². The summed E-state index contributed by atoms with van der Waals surface area (Å²) in [5.74, 6) is 2.13. The van der Waals surface area contributed by atoms with E-state index in [4.69, 9.17) is 0 Å². The molecule has 84 valence electrons. The normalized spacial score (nSPS) is 10.7. The summed E-state index contributed by atoms with van der Waals surface area (Å²) in [6, 6.07) is 1.97. The van der Waals surface area contributed by atoms with Crippen LogP contribution in [-0.2, 0) is 6.54 Å². The van der Waals surface area contributed by atoms with Gasteiger partial charge in [-0.1, -0.05) is 13.8 Å². The lowest BCUT2D eigenvalue weighted by Crippen LogP contribution is -2.04. The highest BCUT2D eigenvalue weighted by Gasteiger charge is 2.03. The molecule has 0 aliphatic carbocycles. The van der Waals surface area contributed by atoms with E-state index >= 15 is 0 Å². The first-order chi connectivity index (χ1) is 7.75. The van der Waals surface area contributed by atoms with Crippen LogP contribution >= 0.6 is 0 Å². The van der Waals surface area contributed by atoms with Crippen molar-refractivity contribution >= 4 is 5.82 Å². The molecule has 0 spiro atoms. The predicted molar refractivity (Wildman–Crippen MR) is 62.0 cm³/mol. The second kappa shape index (κ2) is 4.74. The molecule has 0 aliphatic heterocycles. The minimum atomic E-state index is 0.409. The van der Waals surface area contributed by atoms with Crippen molar-refractivity contribution in [3.05, 3.63) is 36.3 Å². The zero-order valence-electron chi connectivity index (χ0n) is 9.44. The van der Waals surface area contributed by atoms with Crippen LogP contribution in [0.3, 0.4) is 0 Å². The molecule has 16 heavy (non-hydrogen) atoms. The summed E-state index contributed by atoms with van der Waals surface area (Å²) in [6.07, 6.45) is 5.12. The Balaban J connectivity index is 2.01. The van der Waals surface area contributed by atoms with Gasteiger partial charge in [-0.05, 0) is 5.92 Å². The van der Waals surface area contributed by atoms with Crippen molar-refractivity contribution < 1.29 is 0 Å². The first-order valence-electron chi connectivity index (χ1n) is 5.30. The highest BCUT2D eigenvalue weighted by atomic mass is 15.0. The zero-order chi connectivity index (χ0) is 11.4. The average molecular weight is 217 g/mol. The van der Waals surface area contributed by atoms with E-state index in [9.17, 15) is 0 Å². The van der Waals surface area contributed by atoms with Gasteiger partial charge in [-0.2, -0.15) is 0 Å². The quantitative estimate of drug-likeness (QED) is 0.821. The Bertz CT molecular complexity index is 435. The molecule has 0 atom stereocenters. The van der Waals surface area contributed by atoms with Crippen molar-refractivity contribution in [2.75, 3.05) is 5.32 Å². The van der Waals surface area contributed by atoms with Crippen LogP contribution in [0.5, 0.6) is 0 Å². The van der Waals surface area contributed by atoms with Crippen LogP contribution in [0.4, 0.5) is 5.82 Å². The molecular weight excluding hydrogens is 202 g/mol. The molecule has 0 bridgehead atoms. The number of aromatic nitrogens is 4. The van der Waals surface area contributed by atoms with Gasteiger partial charge < -0.3 is 10.3 Å². The van der Waals surface area contributed by atoms with Crippen molar-refractivity contribution in [2.45, 2.75) is 26.3 Å². The van der Waals surface area contributed by atoms with E-state index in [-0.39, 0.29) is 0 Å². The van der Waals surface area contributed by atoms with Crippen molar-refractivity contribution in [1.82, 2.24) is 19.9 Å². The van der Waals surface area contributed by atoms with E-state index in [2.05, 4.69) is 39.1 Å². The summed E-state index contributed by atoms with van der Waals surface area (Å²) in [4.78, 5) is 15.5. The van der Waals surface area contributed by atoms with Crippen LogP contribution in [0.25, 0.3) is 0 Å². The fourth-order valence-corrected chi connectivity index (χ4v) is 1.35. The summed E-state index contributed by atoms with van der Waals surface area (Å²) in [6.45, 7) is 4.86. The van der Waals surface area contributed by atoms with E-state index in [1.54, 1.807) is 18.7 Å². The highest BCUT2D eigenvalue weighted by Crippen LogP contribution is 2.13. The Morgan fingerprint density at radius 2 is 2.19 bits per heavy atom. The van der Waals surface area contributed by atoms with Crippen LogP contribution in [0, 0.1) is 0 Å². The second-order valence-corrected chi connectivity index (χ2v) is 3.87. The summed E-state index contributed by atoms with van der Waals surface area (Å²) in [5, 5.41) is 3.20. The number of aromatic amines is 1. The largest absolute Gasteiger partial charge is 0.363 e. The first-order valence-corrected chi connectivity index (χ1v) is 5.30. The third-order valence-corrected chi connectivity index (χ3v) is 2.27. The van der Waals surface area contributed by atoms with Crippen molar-refractivity contribution in [2.24, 2.45) is 0 Å². The number of H-pyrrole nitrogens is 1. The standard InChI is InChI=1S/C11H15N5/c1-8(2)9-5-10(16-7-15-9)14-6-11-12-3-4-13-11/h3-5,7-8H,6H2,1-2H3,(H,12,13)(H,14,15,16). The summed E-state index contributed by atoms with van der Waals surface area (Å²) < 4.78 is 0. The van der Waals surface area contributed by atoms with Gasteiger partial charge in [-0.25, -0.2) is 15.0 Å². The zero-order valence-corrected chi connectivity index (χ0v) is 9.44. The fraction of sp³-hybridized carbons (Fsp3) is 0.364. The Morgan fingerprint density at radius 3 is 2.88 bits per heavy atom. The van der Waals surface area contributed by atoms with Gasteiger partial charge in [-0.3, -0.25) is 0 Å². The minimum absolute atomic E-state index is 0.409. The molecule has 0 aliphatic rings. The fourth-order valence-electron chi connectivity index (χ4n) is 1.35. The lowest BCUT2D eigenvalue weighted by atomic mass is 10.1. The molecular formula is C11H15N5. The van der Waals surface area contributed by atoms with Crippen LogP contribution in [0.15, 0.2) is 24.8 Å². The van der Waals surface area contributed by atoms with Crippen molar-refractivity contribution in [3.8, 4) is 0 Å². The minimum Gasteiger partial charge on any atom is -0.363 e. The molecule has 0 saturated heterocycles. The van der Waals surface area contributed by atoms with Crippen LogP contribution in [0.1, 0.15) is 31.3 Å². The smallest absolute Gasteiger partial charge is 0.129 e. The summed E-state index contributed by atoms with van der Waals surface area (Å²) >= 11 is 0. The number of hydrogen-bond acceptors (Lipinski definition) is 4. The number of hydrogen-bond donors (Lipinski definition) is 2. The van der Waals surface area contributed by atoms with Gasteiger partial charge in [0, 0.05) is 24.2 Å². The third-order valence-electron chi connectivity index (χ3n) is 2.27. The molecule has 0 aromatic carbocycles. The lowest BCUT2D eigenvalue weighted by Gasteiger charge is -2.07. The SMILES string of the molecule is CC(C)c1cc(NCc2ncc[nH]2)ncn1. The average Bonchev–Trinajstić information content (AvgIpc) is 2.79. The monoisotopic (exact) mass is 217 g/mol. The molecule has 5 nitrogen and oxygen atoms in total. The molecule has 0 saturated carbocycles. The van der Waals surface area contributed by atoms with E-state index in [1.807, 2.05) is 6.07 Å². The van der Waals surface area contributed by atoms with Gasteiger partial charge in [0.2, 0.25) is 0 Å².